The monoisotopic (exact) mass is 146 g/mol. The topological polar surface area (TPSA) is 0 Å². The van der Waals surface area contributed by atoms with E-state index in [4.69, 9.17) is 11.1 Å². The lowest BCUT2D eigenvalue weighted by atomic mass is 11.0. The van der Waals surface area contributed by atoms with Crippen LogP contribution in [0.5, 0.6) is 0 Å². The molecule has 0 atom stereocenters. The zero-order chi connectivity index (χ0) is 6.62. The van der Waals surface area contributed by atoms with Gasteiger partial charge < -0.3 is 0 Å². The van der Waals surface area contributed by atoms with Gasteiger partial charge in [-0.3, -0.25) is 0 Å². The van der Waals surface area contributed by atoms with Gasteiger partial charge in [-0.2, -0.15) is 11.1 Å². The lowest BCUT2D eigenvalue weighted by Crippen LogP contribution is -2.18. The molecule has 0 aliphatic heterocycles. The standard InChI is InChI=1S/C6H11ClSi/c1-4-8(7,5-2)6-3/h4-5H,1-2,6H2,3H3. The molecule has 2 heteroatoms. The van der Waals surface area contributed by atoms with Crippen LogP contribution in [0.2, 0.25) is 6.04 Å². The SMILES string of the molecule is C=C[Si](Cl)(C=C)CC. The van der Waals surface area contributed by atoms with Crippen LogP contribution in [0.25, 0.3) is 0 Å². The Morgan fingerprint density at radius 3 is 1.88 bits per heavy atom. The van der Waals surface area contributed by atoms with E-state index in [1.807, 2.05) is 11.4 Å². The van der Waals surface area contributed by atoms with Gasteiger partial charge in [0, 0.05) is 0 Å². The summed E-state index contributed by atoms with van der Waals surface area (Å²) in [6.07, 6.45) is 0. The highest BCUT2D eigenvalue weighted by molar-refractivity contribution is 7.25. The molecule has 0 nitrogen and oxygen atoms in total. The van der Waals surface area contributed by atoms with E-state index in [1.165, 1.54) is 0 Å². The molecule has 0 rings (SSSR count). The van der Waals surface area contributed by atoms with Crippen molar-refractivity contribution in [3.8, 4) is 0 Å². The first kappa shape index (κ1) is 7.99. The largest absolute Gasteiger partial charge is 0.201 e. The fourth-order valence-electron chi connectivity index (χ4n) is 0.372. The molecular formula is C6H11ClSi. The molecule has 0 aromatic rings. The third kappa shape index (κ3) is 1.84. The van der Waals surface area contributed by atoms with E-state index in [-0.39, 0.29) is 0 Å². The van der Waals surface area contributed by atoms with E-state index in [0.29, 0.717) is 0 Å². The van der Waals surface area contributed by atoms with Crippen LogP contribution in [0, 0.1) is 0 Å². The van der Waals surface area contributed by atoms with E-state index in [9.17, 15) is 0 Å². The van der Waals surface area contributed by atoms with Crippen LogP contribution in [0.1, 0.15) is 6.92 Å². The Hall–Kier alpha value is -0.0131. The Labute approximate surface area is 56.6 Å². The lowest BCUT2D eigenvalue weighted by Gasteiger charge is -2.09. The van der Waals surface area contributed by atoms with Gasteiger partial charge in [0.05, 0.1) is 0 Å². The first-order chi connectivity index (χ1) is 3.68. The summed E-state index contributed by atoms with van der Waals surface area (Å²) in [5, 5.41) is 0. The normalized spacial score (nSPS) is 10.8. The second kappa shape index (κ2) is 3.10. The predicted molar refractivity (Wildman–Crippen MR) is 42.5 cm³/mol. The molecule has 0 aliphatic carbocycles. The average Bonchev–Trinajstić information content (AvgIpc) is 1.87. The molecule has 0 fully saturated rings. The molecule has 0 radical (unpaired) electrons. The molecule has 0 saturated heterocycles. The van der Waals surface area contributed by atoms with Gasteiger partial charge in [-0.1, -0.05) is 18.3 Å². The summed E-state index contributed by atoms with van der Waals surface area (Å²) < 4.78 is 0. The summed E-state index contributed by atoms with van der Waals surface area (Å²) >= 11 is 6.00. The zero-order valence-corrected chi connectivity index (χ0v) is 6.91. The molecule has 0 spiro atoms. The van der Waals surface area contributed by atoms with Crippen LogP contribution in [0.15, 0.2) is 24.6 Å². The van der Waals surface area contributed by atoms with Gasteiger partial charge >= 0.3 is 0 Å². The first-order valence-electron chi connectivity index (χ1n) is 2.64. The Bertz CT molecular complexity index is 90.7. The molecular weight excluding hydrogens is 136 g/mol. The third-order valence-electron chi connectivity index (χ3n) is 1.22. The molecule has 8 heavy (non-hydrogen) atoms. The lowest BCUT2D eigenvalue weighted by molar-refractivity contribution is 1.43. The first-order valence-corrected chi connectivity index (χ1v) is 6.02. The Kier molecular flexibility index (Phi) is 3.10. The van der Waals surface area contributed by atoms with E-state index < -0.39 is 7.38 Å². The van der Waals surface area contributed by atoms with Gasteiger partial charge in [0.25, 0.3) is 0 Å². The minimum atomic E-state index is -1.67. The minimum absolute atomic E-state index is 0.988. The molecule has 0 heterocycles. The fraction of sp³-hybridized carbons (Fsp3) is 0.333. The van der Waals surface area contributed by atoms with Gasteiger partial charge in [0.1, 0.15) is 0 Å². The molecule has 0 bridgehead atoms. The van der Waals surface area contributed by atoms with Gasteiger partial charge in [-0.05, 0) is 6.04 Å². The minimum Gasteiger partial charge on any atom is -0.156 e. The van der Waals surface area contributed by atoms with Crippen LogP contribution >= 0.6 is 11.1 Å². The van der Waals surface area contributed by atoms with Crippen LogP contribution in [-0.4, -0.2) is 7.38 Å². The predicted octanol–water partition coefficient (Wildman–Crippen LogP) is 2.64. The smallest absolute Gasteiger partial charge is 0.156 e. The highest BCUT2D eigenvalue weighted by Crippen LogP contribution is 2.15. The van der Waals surface area contributed by atoms with Crippen LogP contribution < -0.4 is 0 Å². The van der Waals surface area contributed by atoms with E-state index in [2.05, 4.69) is 20.1 Å². The Balaban J connectivity index is 3.96. The summed E-state index contributed by atoms with van der Waals surface area (Å²) in [7, 11) is -1.67. The number of hydrogen-bond acceptors (Lipinski definition) is 0. The van der Waals surface area contributed by atoms with E-state index in [1.54, 1.807) is 0 Å². The Morgan fingerprint density at radius 1 is 1.50 bits per heavy atom. The van der Waals surface area contributed by atoms with Crippen molar-refractivity contribution < 1.29 is 0 Å². The molecule has 0 saturated carbocycles. The quantitative estimate of drug-likeness (QED) is 0.424. The molecule has 0 aliphatic rings. The summed E-state index contributed by atoms with van der Waals surface area (Å²) in [6, 6.07) is 0.988. The number of hydrogen-bond donors (Lipinski definition) is 0. The van der Waals surface area contributed by atoms with Crippen LogP contribution in [0.4, 0.5) is 0 Å². The van der Waals surface area contributed by atoms with Crippen molar-refractivity contribution in [3.63, 3.8) is 0 Å². The maximum Gasteiger partial charge on any atom is 0.201 e. The highest BCUT2D eigenvalue weighted by Gasteiger charge is 2.18. The second-order valence-electron chi connectivity index (χ2n) is 1.69. The Morgan fingerprint density at radius 2 is 1.88 bits per heavy atom. The molecule has 0 aromatic heterocycles. The molecule has 46 valence electrons. The van der Waals surface area contributed by atoms with Crippen LogP contribution in [0.3, 0.4) is 0 Å². The maximum atomic E-state index is 6.00. The van der Waals surface area contributed by atoms with Crippen molar-refractivity contribution in [2.45, 2.75) is 13.0 Å². The fourth-order valence-corrected chi connectivity index (χ4v) is 1.12. The third-order valence-corrected chi connectivity index (χ3v) is 5.39. The average molecular weight is 147 g/mol. The van der Waals surface area contributed by atoms with E-state index in [0.717, 1.165) is 6.04 Å². The van der Waals surface area contributed by atoms with Gasteiger partial charge in [-0.15, -0.1) is 13.2 Å². The van der Waals surface area contributed by atoms with Crippen molar-refractivity contribution >= 4 is 18.5 Å². The molecule has 0 unspecified atom stereocenters. The van der Waals surface area contributed by atoms with Gasteiger partial charge in [0.15, 0.2) is 0 Å². The van der Waals surface area contributed by atoms with E-state index >= 15 is 0 Å². The summed E-state index contributed by atoms with van der Waals surface area (Å²) in [5.41, 5.74) is 3.67. The van der Waals surface area contributed by atoms with Gasteiger partial charge in [-0.25, -0.2) is 0 Å². The highest BCUT2D eigenvalue weighted by atomic mass is 35.6. The number of halogens is 1. The van der Waals surface area contributed by atoms with Crippen molar-refractivity contribution in [1.29, 1.82) is 0 Å². The molecule has 0 amide bonds. The summed E-state index contributed by atoms with van der Waals surface area (Å²) in [5.74, 6) is 0. The number of rotatable bonds is 3. The summed E-state index contributed by atoms with van der Waals surface area (Å²) in [4.78, 5) is 0. The van der Waals surface area contributed by atoms with Crippen LogP contribution in [-0.2, 0) is 0 Å². The van der Waals surface area contributed by atoms with Crippen molar-refractivity contribution in [2.75, 3.05) is 0 Å². The van der Waals surface area contributed by atoms with Gasteiger partial charge in [0.2, 0.25) is 7.38 Å². The van der Waals surface area contributed by atoms with Crippen molar-refractivity contribution in [1.82, 2.24) is 0 Å². The van der Waals surface area contributed by atoms with Crippen molar-refractivity contribution in [3.05, 3.63) is 24.6 Å². The molecule has 0 N–H and O–H groups in total. The molecule has 0 aromatic carbocycles. The zero-order valence-electron chi connectivity index (χ0n) is 5.15. The second-order valence-corrected chi connectivity index (χ2v) is 7.18. The summed E-state index contributed by atoms with van der Waals surface area (Å²) in [6.45, 7) is 9.32. The van der Waals surface area contributed by atoms with Crippen molar-refractivity contribution in [2.24, 2.45) is 0 Å². The maximum absolute atomic E-state index is 6.00.